The van der Waals surface area contributed by atoms with E-state index in [0.29, 0.717) is 16.7 Å². The van der Waals surface area contributed by atoms with Crippen molar-refractivity contribution < 1.29 is 5.11 Å². The summed E-state index contributed by atoms with van der Waals surface area (Å²) in [6.45, 7) is 6.01. The highest BCUT2D eigenvalue weighted by Gasteiger charge is 2.20. The van der Waals surface area contributed by atoms with Crippen LogP contribution in [-0.2, 0) is 6.61 Å². The van der Waals surface area contributed by atoms with Crippen molar-refractivity contribution >= 4 is 11.3 Å². The molecule has 0 spiro atoms. The predicted octanol–water partition coefficient (Wildman–Crippen LogP) is 2.71. The molecule has 7 heteroatoms. The Kier molecular flexibility index (Phi) is 4.00. The Bertz CT molecular complexity index is 793. The Labute approximate surface area is 132 Å². The van der Waals surface area contributed by atoms with E-state index < -0.39 is 0 Å². The molecule has 0 unspecified atom stereocenters. The number of hydrogen-bond donors (Lipinski definition) is 1. The molecular formula is C15H17N5OS. The topological polar surface area (TPSA) is 76.7 Å². The number of hydrogen-bond acceptors (Lipinski definition) is 6. The monoisotopic (exact) mass is 315 g/mol. The first-order valence-corrected chi connectivity index (χ1v) is 7.88. The zero-order valence-corrected chi connectivity index (χ0v) is 13.5. The van der Waals surface area contributed by atoms with E-state index in [9.17, 15) is 5.11 Å². The molecule has 1 aromatic carbocycles. The fourth-order valence-corrected chi connectivity index (χ4v) is 3.01. The van der Waals surface area contributed by atoms with Crippen molar-refractivity contribution in [1.82, 2.24) is 25.2 Å². The molecule has 0 aliphatic heterocycles. The average molecular weight is 315 g/mol. The van der Waals surface area contributed by atoms with Gasteiger partial charge in [0.15, 0.2) is 0 Å². The lowest BCUT2D eigenvalue weighted by Gasteiger charge is -2.07. The van der Waals surface area contributed by atoms with Gasteiger partial charge in [-0.15, -0.1) is 15.3 Å². The van der Waals surface area contributed by atoms with Crippen molar-refractivity contribution in [1.29, 1.82) is 0 Å². The minimum absolute atomic E-state index is 0.167. The lowest BCUT2D eigenvalue weighted by atomic mass is 10.0. The number of aliphatic hydroxyl groups excluding tert-OH is 1. The van der Waals surface area contributed by atoms with Crippen LogP contribution in [0.5, 0.6) is 0 Å². The molecule has 6 nitrogen and oxygen atoms in total. The standard InChI is InChI=1S/C15H17N5OS/c1-9(2)14-17-18-15(22-14)20-13(12(8-21)16-19-20)11-7-5-4-6-10(11)3/h4-7,9,21H,8H2,1-3H3. The van der Waals surface area contributed by atoms with Gasteiger partial charge in [-0.25, -0.2) is 0 Å². The lowest BCUT2D eigenvalue weighted by Crippen LogP contribution is -2.01. The Hall–Kier alpha value is -2.12. The molecule has 0 saturated heterocycles. The maximum atomic E-state index is 9.58. The second-order valence-electron chi connectivity index (χ2n) is 5.35. The first-order chi connectivity index (χ1) is 10.6. The first kappa shape index (κ1) is 14.8. The van der Waals surface area contributed by atoms with Gasteiger partial charge in [0.2, 0.25) is 5.13 Å². The molecule has 0 amide bonds. The van der Waals surface area contributed by atoms with Gasteiger partial charge in [-0.2, -0.15) is 4.68 Å². The summed E-state index contributed by atoms with van der Waals surface area (Å²) in [5.74, 6) is 0.314. The van der Waals surface area contributed by atoms with Crippen molar-refractivity contribution in [3.05, 3.63) is 40.5 Å². The quantitative estimate of drug-likeness (QED) is 0.801. The van der Waals surface area contributed by atoms with E-state index in [2.05, 4.69) is 34.4 Å². The second-order valence-corrected chi connectivity index (χ2v) is 6.33. The van der Waals surface area contributed by atoms with Gasteiger partial charge < -0.3 is 5.11 Å². The van der Waals surface area contributed by atoms with E-state index in [-0.39, 0.29) is 6.61 Å². The van der Waals surface area contributed by atoms with E-state index in [4.69, 9.17) is 0 Å². The first-order valence-electron chi connectivity index (χ1n) is 7.07. The van der Waals surface area contributed by atoms with Gasteiger partial charge in [-0.05, 0) is 12.5 Å². The molecular weight excluding hydrogens is 298 g/mol. The maximum absolute atomic E-state index is 9.58. The SMILES string of the molecule is Cc1ccccc1-c1c(CO)nnn1-c1nnc(C(C)C)s1. The molecule has 0 atom stereocenters. The third-order valence-corrected chi connectivity index (χ3v) is 4.59. The fraction of sp³-hybridized carbons (Fsp3) is 0.333. The summed E-state index contributed by atoms with van der Waals surface area (Å²) >= 11 is 1.49. The van der Waals surface area contributed by atoms with Crippen molar-refractivity contribution in [3.8, 4) is 16.4 Å². The van der Waals surface area contributed by atoms with E-state index in [1.807, 2.05) is 31.2 Å². The Morgan fingerprint density at radius 2 is 1.95 bits per heavy atom. The van der Waals surface area contributed by atoms with Gasteiger partial charge in [0, 0.05) is 11.5 Å². The number of nitrogens with zero attached hydrogens (tertiary/aromatic N) is 5. The van der Waals surface area contributed by atoms with Crippen LogP contribution in [0.25, 0.3) is 16.4 Å². The molecule has 0 aliphatic rings. The van der Waals surface area contributed by atoms with Crippen LogP contribution < -0.4 is 0 Å². The normalized spacial score (nSPS) is 11.3. The van der Waals surface area contributed by atoms with Crippen LogP contribution in [0, 0.1) is 6.92 Å². The highest BCUT2D eigenvalue weighted by atomic mass is 32.1. The summed E-state index contributed by atoms with van der Waals surface area (Å²) in [5, 5.41) is 27.9. The predicted molar refractivity (Wildman–Crippen MR) is 85.0 cm³/mol. The minimum Gasteiger partial charge on any atom is -0.390 e. The van der Waals surface area contributed by atoms with Crippen molar-refractivity contribution in [2.45, 2.75) is 33.3 Å². The number of rotatable bonds is 4. The van der Waals surface area contributed by atoms with E-state index in [0.717, 1.165) is 21.8 Å². The van der Waals surface area contributed by atoms with Crippen molar-refractivity contribution in [2.24, 2.45) is 0 Å². The Balaban J connectivity index is 2.17. The molecule has 0 fully saturated rings. The van der Waals surface area contributed by atoms with E-state index in [1.165, 1.54) is 11.3 Å². The van der Waals surface area contributed by atoms with Gasteiger partial charge in [0.05, 0.1) is 6.61 Å². The smallest absolute Gasteiger partial charge is 0.234 e. The summed E-state index contributed by atoms with van der Waals surface area (Å²) in [5.41, 5.74) is 3.38. The van der Waals surface area contributed by atoms with Gasteiger partial charge >= 0.3 is 0 Å². The third kappa shape index (κ3) is 2.53. The van der Waals surface area contributed by atoms with Crippen LogP contribution in [0.1, 0.15) is 36.0 Å². The van der Waals surface area contributed by atoms with E-state index >= 15 is 0 Å². The van der Waals surface area contributed by atoms with Crippen molar-refractivity contribution in [2.75, 3.05) is 0 Å². The Morgan fingerprint density at radius 1 is 1.18 bits per heavy atom. The highest BCUT2D eigenvalue weighted by Crippen LogP contribution is 2.30. The molecule has 0 aliphatic carbocycles. The fourth-order valence-electron chi connectivity index (χ4n) is 2.21. The van der Waals surface area contributed by atoms with Crippen LogP contribution in [0.4, 0.5) is 0 Å². The van der Waals surface area contributed by atoms with Crippen LogP contribution in [-0.4, -0.2) is 30.3 Å². The van der Waals surface area contributed by atoms with Gasteiger partial charge in [0.1, 0.15) is 16.4 Å². The van der Waals surface area contributed by atoms with Crippen LogP contribution in [0.2, 0.25) is 0 Å². The average Bonchev–Trinajstić information content (AvgIpc) is 3.14. The van der Waals surface area contributed by atoms with Gasteiger partial charge in [0.25, 0.3) is 0 Å². The van der Waals surface area contributed by atoms with Crippen LogP contribution in [0.3, 0.4) is 0 Å². The minimum atomic E-state index is -0.167. The zero-order chi connectivity index (χ0) is 15.7. The molecule has 22 heavy (non-hydrogen) atoms. The summed E-state index contributed by atoms with van der Waals surface area (Å²) in [6.07, 6.45) is 0. The lowest BCUT2D eigenvalue weighted by molar-refractivity contribution is 0.277. The summed E-state index contributed by atoms with van der Waals surface area (Å²) < 4.78 is 1.66. The maximum Gasteiger partial charge on any atom is 0.234 e. The largest absolute Gasteiger partial charge is 0.390 e. The molecule has 0 radical (unpaired) electrons. The molecule has 2 aromatic heterocycles. The number of aromatic nitrogens is 5. The molecule has 0 saturated carbocycles. The van der Waals surface area contributed by atoms with Gasteiger partial charge in [-0.3, -0.25) is 0 Å². The number of aliphatic hydroxyl groups is 1. The summed E-state index contributed by atoms with van der Waals surface area (Å²) in [7, 11) is 0. The molecule has 2 heterocycles. The number of benzene rings is 1. The molecule has 1 N–H and O–H groups in total. The van der Waals surface area contributed by atoms with Crippen LogP contribution in [0.15, 0.2) is 24.3 Å². The van der Waals surface area contributed by atoms with E-state index in [1.54, 1.807) is 4.68 Å². The summed E-state index contributed by atoms with van der Waals surface area (Å²) in [4.78, 5) is 0. The second kappa shape index (κ2) is 5.94. The molecule has 3 aromatic rings. The number of aryl methyl sites for hydroxylation is 1. The third-order valence-electron chi connectivity index (χ3n) is 3.40. The van der Waals surface area contributed by atoms with Gasteiger partial charge in [-0.1, -0.05) is 54.7 Å². The molecule has 114 valence electrons. The summed E-state index contributed by atoms with van der Waals surface area (Å²) in [6, 6.07) is 7.95. The Morgan fingerprint density at radius 3 is 2.59 bits per heavy atom. The van der Waals surface area contributed by atoms with Crippen molar-refractivity contribution in [3.63, 3.8) is 0 Å². The molecule has 0 bridgehead atoms. The zero-order valence-electron chi connectivity index (χ0n) is 12.7. The molecule has 3 rings (SSSR count). The highest BCUT2D eigenvalue weighted by molar-refractivity contribution is 7.13. The van der Waals surface area contributed by atoms with Crippen LogP contribution >= 0.6 is 11.3 Å².